The molecule has 2 aromatic heterocycles. The lowest BCUT2D eigenvalue weighted by molar-refractivity contribution is 0.0697. The molecule has 0 aliphatic rings. The highest BCUT2D eigenvalue weighted by Gasteiger charge is 2.30. The zero-order chi connectivity index (χ0) is 31.3. The second-order valence-electron chi connectivity index (χ2n) is 9.90. The average Bonchev–Trinajstić information content (AvgIpc) is 3.60. The second kappa shape index (κ2) is 11.0. The minimum atomic E-state index is -4.50. The van der Waals surface area contributed by atoms with Crippen LogP contribution in [0.4, 0.5) is 13.8 Å². The predicted octanol–water partition coefficient (Wildman–Crippen LogP) is 9.43. The molecular formula is C33H19ClF2N2O4S2. The molecule has 0 saturated heterocycles. The van der Waals surface area contributed by atoms with E-state index in [2.05, 4.69) is 4.85 Å². The monoisotopic (exact) mass is 644 g/mol. The molecule has 6 aromatic rings. The number of aromatic carboxylic acids is 1. The van der Waals surface area contributed by atoms with Crippen LogP contribution in [0.5, 0.6) is 0 Å². The van der Waals surface area contributed by atoms with Crippen molar-refractivity contribution in [1.82, 2.24) is 3.97 Å². The van der Waals surface area contributed by atoms with Crippen molar-refractivity contribution >= 4 is 54.8 Å². The van der Waals surface area contributed by atoms with Gasteiger partial charge in [-0.2, -0.15) is 11.3 Å². The summed E-state index contributed by atoms with van der Waals surface area (Å²) in [7, 11) is -4.50. The Balaban J connectivity index is 1.73. The van der Waals surface area contributed by atoms with Crippen molar-refractivity contribution in [3.05, 3.63) is 130 Å². The van der Waals surface area contributed by atoms with Crippen LogP contribution in [0.25, 0.3) is 49.3 Å². The first-order valence-corrected chi connectivity index (χ1v) is 15.7. The zero-order valence-electron chi connectivity index (χ0n) is 22.7. The largest absolute Gasteiger partial charge is 0.478 e. The van der Waals surface area contributed by atoms with Gasteiger partial charge in [0.1, 0.15) is 11.6 Å². The minimum Gasteiger partial charge on any atom is -0.478 e. The fourth-order valence-corrected chi connectivity index (χ4v) is 7.68. The lowest BCUT2D eigenvalue weighted by atomic mass is 9.96. The molecule has 0 aliphatic heterocycles. The lowest BCUT2D eigenvalue weighted by Gasteiger charge is -2.15. The second-order valence-corrected chi connectivity index (χ2v) is 13.0. The summed E-state index contributed by atoms with van der Waals surface area (Å²) in [5.74, 6) is -2.46. The molecule has 0 amide bonds. The number of carbonyl (C=O) groups is 1. The van der Waals surface area contributed by atoms with Gasteiger partial charge in [-0.3, -0.25) is 0 Å². The van der Waals surface area contributed by atoms with Crippen LogP contribution < -0.4 is 0 Å². The van der Waals surface area contributed by atoms with Crippen molar-refractivity contribution in [3.8, 4) is 33.5 Å². The van der Waals surface area contributed by atoms with Crippen LogP contribution in [0.1, 0.15) is 15.9 Å². The van der Waals surface area contributed by atoms with Gasteiger partial charge in [-0.1, -0.05) is 48.0 Å². The Morgan fingerprint density at radius 3 is 2.43 bits per heavy atom. The number of nitrogens with zero attached hydrogens (tertiary/aromatic N) is 2. The molecule has 0 spiro atoms. The van der Waals surface area contributed by atoms with E-state index in [-0.39, 0.29) is 42.6 Å². The maximum absolute atomic E-state index is 14.8. The number of rotatable bonds is 6. The van der Waals surface area contributed by atoms with Gasteiger partial charge in [0.25, 0.3) is 10.0 Å². The Hall–Kier alpha value is -4.82. The molecule has 6 rings (SSSR count). The quantitative estimate of drug-likeness (QED) is 0.183. The Bertz CT molecular complexity index is 2300. The Morgan fingerprint density at radius 1 is 0.955 bits per heavy atom. The average molecular weight is 645 g/mol. The fourth-order valence-electron chi connectivity index (χ4n) is 5.15. The topological polar surface area (TPSA) is 80.7 Å². The highest BCUT2D eigenvalue weighted by atomic mass is 35.5. The van der Waals surface area contributed by atoms with Gasteiger partial charge in [0.15, 0.2) is 0 Å². The van der Waals surface area contributed by atoms with Crippen molar-refractivity contribution in [2.24, 2.45) is 0 Å². The smallest absolute Gasteiger partial charge is 0.335 e. The first-order valence-electron chi connectivity index (χ1n) is 13.0. The number of aryl methyl sites for hydroxylation is 1. The highest BCUT2D eigenvalue weighted by molar-refractivity contribution is 7.90. The number of hydrogen-bond donors (Lipinski definition) is 1. The number of fused-ring (bicyclic) bond motifs is 1. The lowest BCUT2D eigenvalue weighted by Crippen LogP contribution is -2.15. The molecule has 2 heterocycles. The van der Waals surface area contributed by atoms with Crippen LogP contribution in [-0.2, 0) is 10.0 Å². The van der Waals surface area contributed by atoms with E-state index in [9.17, 15) is 27.1 Å². The molecule has 0 radical (unpaired) electrons. The molecular weight excluding hydrogens is 626 g/mol. The van der Waals surface area contributed by atoms with E-state index < -0.39 is 27.6 Å². The third-order valence-corrected chi connectivity index (χ3v) is 10.1. The van der Waals surface area contributed by atoms with E-state index >= 15 is 0 Å². The van der Waals surface area contributed by atoms with E-state index in [1.807, 2.05) is 0 Å². The molecule has 0 aliphatic carbocycles. The van der Waals surface area contributed by atoms with Crippen molar-refractivity contribution < 1.29 is 27.1 Å². The molecule has 6 nitrogen and oxygen atoms in total. The first kappa shape index (κ1) is 29.3. The summed E-state index contributed by atoms with van der Waals surface area (Å²) in [6, 6.07) is 20.0. The van der Waals surface area contributed by atoms with E-state index in [4.69, 9.17) is 18.2 Å². The van der Waals surface area contributed by atoms with Gasteiger partial charge in [-0.25, -0.2) is 30.8 Å². The van der Waals surface area contributed by atoms with E-state index in [1.54, 1.807) is 41.8 Å². The predicted molar refractivity (Wildman–Crippen MR) is 168 cm³/mol. The van der Waals surface area contributed by atoms with Gasteiger partial charge < -0.3 is 5.11 Å². The molecule has 0 fully saturated rings. The molecule has 4 aromatic carbocycles. The molecule has 0 atom stereocenters. The molecule has 0 bridgehead atoms. The molecule has 218 valence electrons. The number of halogens is 3. The SMILES string of the molecule is [C-]#[N+]c1sccc1-c1c(-c2cccc(-c3ccc(C(=O)O)cc3Cl)c2)n(S(=O)(=O)c2ccc(C)c(F)c2)c2ccc(F)cc12. The summed E-state index contributed by atoms with van der Waals surface area (Å²) in [5, 5.41) is 11.7. The summed E-state index contributed by atoms with van der Waals surface area (Å²) in [4.78, 5) is 14.8. The van der Waals surface area contributed by atoms with Crippen LogP contribution in [0.15, 0.2) is 95.2 Å². The van der Waals surface area contributed by atoms with Gasteiger partial charge >= 0.3 is 5.97 Å². The molecule has 0 saturated carbocycles. The van der Waals surface area contributed by atoms with E-state index in [0.717, 1.165) is 27.4 Å². The zero-order valence-corrected chi connectivity index (χ0v) is 25.1. The Labute approximate surface area is 259 Å². The van der Waals surface area contributed by atoms with Gasteiger partial charge in [-0.05, 0) is 72.0 Å². The number of carboxylic acids is 1. The summed E-state index contributed by atoms with van der Waals surface area (Å²) >= 11 is 7.64. The van der Waals surface area contributed by atoms with Crippen molar-refractivity contribution in [2.45, 2.75) is 11.8 Å². The summed E-state index contributed by atoms with van der Waals surface area (Å²) < 4.78 is 59.4. The fraction of sp³-hybridized carbons (Fsp3) is 0.0303. The normalized spacial score (nSPS) is 11.5. The Morgan fingerprint density at radius 2 is 1.73 bits per heavy atom. The maximum atomic E-state index is 14.8. The van der Waals surface area contributed by atoms with Crippen LogP contribution in [0.3, 0.4) is 0 Å². The number of thiophene rings is 1. The van der Waals surface area contributed by atoms with Gasteiger partial charge in [0, 0.05) is 32.7 Å². The number of benzene rings is 4. The molecule has 11 heteroatoms. The minimum absolute atomic E-state index is 0.0000944. The van der Waals surface area contributed by atoms with Crippen LogP contribution in [0.2, 0.25) is 5.02 Å². The number of carboxylic acid groups (broad SMARTS) is 1. The van der Waals surface area contributed by atoms with Crippen LogP contribution in [-0.4, -0.2) is 23.5 Å². The van der Waals surface area contributed by atoms with Crippen LogP contribution in [0, 0.1) is 25.1 Å². The third-order valence-electron chi connectivity index (χ3n) is 7.25. The molecule has 1 N–H and O–H groups in total. The van der Waals surface area contributed by atoms with Crippen LogP contribution >= 0.6 is 22.9 Å². The summed E-state index contributed by atoms with van der Waals surface area (Å²) in [6.45, 7) is 9.26. The van der Waals surface area contributed by atoms with Gasteiger partial charge in [-0.15, -0.1) is 0 Å². The highest BCUT2D eigenvalue weighted by Crippen LogP contribution is 2.48. The van der Waals surface area contributed by atoms with E-state index in [1.165, 1.54) is 43.3 Å². The van der Waals surface area contributed by atoms with Gasteiger partial charge in [0.2, 0.25) is 5.00 Å². The summed E-state index contributed by atoms with van der Waals surface area (Å²) in [5.41, 5.74) is 2.68. The van der Waals surface area contributed by atoms with Crippen molar-refractivity contribution in [1.29, 1.82) is 0 Å². The van der Waals surface area contributed by atoms with Crippen molar-refractivity contribution in [2.75, 3.05) is 0 Å². The maximum Gasteiger partial charge on any atom is 0.335 e. The molecule has 44 heavy (non-hydrogen) atoms. The number of hydrogen-bond acceptors (Lipinski definition) is 4. The number of aromatic nitrogens is 1. The van der Waals surface area contributed by atoms with E-state index in [0.29, 0.717) is 27.8 Å². The third kappa shape index (κ3) is 4.85. The first-order chi connectivity index (χ1) is 21.0. The summed E-state index contributed by atoms with van der Waals surface area (Å²) in [6.07, 6.45) is 0. The molecule has 0 unspecified atom stereocenters. The van der Waals surface area contributed by atoms with Crippen molar-refractivity contribution in [3.63, 3.8) is 0 Å². The Kier molecular flexibility index (Phi) is 7.33. The standard InChI is InChI=1S/C33H19ClF2N2O4S2/c1-18-6-9-23(17-28(18)36)44(41,42)38-29-11-8-22(35)16-26(29)30(25-12-13-43-32(25)37-2)31(38)20-5-3-4-19(14-20)24-10-7-21(33(39)40)15-27(24)34/h3-17H,1H3,(H,39,40). The van der Waals surface area contributed by atoms with Gasteiger partial charge in [0.05, 0.1) is 28.2 Å².